The van der Waals surface area contributed by atoms with Crippen LogP contribution in [0.2, 0.25) is 0 Å². The molecular formula is C11H19N5O3. The highest BCUT2D eigenvalue weighted by molar-refractivity contribution is 5.80. The molecule has 0 saturated heterocycles. The molecule has 8 nitrogen and oxygen atoms in total. The van der Waals surface area contributed by atoms with Crippen LogP contribution in [-0.2, 0) is 18.4 Å². The van der Waals surface area contributed by atoms with E-state index in [1.165, 1.54) is 11.2 Å². The van der Waals surface area contributed by atoms with E-state index in [4.69, 9.17) is 5.11 Å². The Kier molecular flexibility index (Phi) is 5.28. The molecule has 0 radical (unpaired) electrons. The first kappa shape index (κ1) is 14.9. The number of carbonyl (C=O) groups is 2. The van der Waals surface area contributed by atoms with Gasteiger partial charge in [0.25, 0.3) is 0 Å². The fourth-order valence-electron chi connectivity index (χ4n) is 1.56. The third-order valence-electron chi connectivity index (χ3n) is 2.40. The van der Waals surface area contributed by atoms with Crippen LogP contribution in [0.1, 0.15) is 19.7 Å². The molecule has 8 heteroatoms. The molecule has 0 saturated carbocycles. The summed E-state index contributed by atoms with van der Waals surface area (Å²) >= 11 is 0. The third-order valence-corrected chi connectivity index (χ3v) is 2.40. The average Bonchev–Trinajstić information content (AvgIpc) is 2.69. The quantitative estimate of drug-likeness (QED) is 0.761. The summed E-state index contributed by atoms with van der Waals surface area (Å²) in [5.74, 6) is -0.234. The van der Waals surface area contributed by atoms with Crippen molar-refractivity contribution in [3.05, 3.63) is 12.2 Å². The first-order valence-corrected chi connectivity index (χ1v) is 5.97. The Labute approximate surface area is 111 Å². The zero-order valence-corrected chi connectivity index (χ0v) is 11.3. The number of aryl methyl sites for hydroxylation is 1. The second-order valence-corrected chi connectivity index (χ2v) is 4.68. The standard InChI is InChI=1S/C11H19N5O3/c1-8(2)5-16(6-10(17)18)11(19)12-4-9-14-13-7-15(9)3/h7-8H,4-6H2,1-3H3,(H,12,19)(H,17,18). The van der Waals surface area contributed by atoms with Crippen molar-refractivity contribution in [2.75, 3.05) is 13.1 Å². The molecule has 2 amide bonds. The smallest absolute Gasteiger partial charge is 0.323 e. The summed E-state index contributed by atoms with van der Waals surface area (Å²) in [6, 6.07) is -0.417. The minimum atomic E-state index is -1.03. The number of hydrogen-bond acceptors (Lipinski definition) is 4. The van der Waals surface area contributed by atoms with Crippen molar-refractivity contribution in [2.45, 2.75) is 20.4 Å². The molecule has 106 valence electrons. The van der Waals surface area contributed by atoms with Crippen LogP contribution in [0, 0.1) is 5.92 Å². The molecule has 2 N–H and O–H groups in total. The van der Waals surface area contributed by atoms with E-state index in [0.29, 0.717) is 12.4 Å². The largest absolute Gasteiger partial charge is 0.480 e. The normalized spacial score (nSPS) is 10.5. The number of urea groups is 1. The van der Waals surface area contributed by atoms with Crippen LogP contribution in [0.4, 0.5) is 4.79 Å². The average molecular weight is 269 g/mol. The van der Waals surface area contributed by atoms with Gasteiger partial charge in [0.1, 0.15) is 12.9 Å². The predicted molar refractivity (Wildman–Crippen MR) is 67.3 cm³/mol. The molecule has 0 aromatic carbocycles. The van der Waals surface area contributed by atoms with Gasteiger partial charge in [-0.3, -0.25) is 4.79 Å². The topological polar surface area (TPSA) is 100 Å². The summed E-state index contributed by atoms with van der Waals surface area (Å²) in [6.07, 6.45) is 1.53. The van der Waals surface area contributed by atoms with Crippen LogP contribution in [0.3, 0.4) is 0 Å². The van der Waals surface area contributed by atoms with Crippen molar-refractivity contribution >= 4 is 12.0 Å². The number of carboxylic acid groups (broad SMARTS) is 1. The molecule has 1 heterocycles. The summed E-state index contributed by atoms with van der Waals surface area (Å²) in [5, 5.41) is 19.0. The van der Waals surface area contributed by atoms with Crippen molar-refractivity contribution in [2.24, 2.45) is 13.0 Å². The maximum absolute atomic E-state index is 11.9. The summed E-state index contributed by atoms with van der Waals surface area (Å²) in [4.78, 5) is 23.9. The van der Waals surface area contributed by atoms with E-state index in [9.17, 15) is 9.59 Å². The van der Waals surface area contributed by atoms with E-state index in [0.717, 1.165) is 0 Å². The Morgan fingerprint density at radius 3 is 2.68 bits per heavy atom. The van der Waals surface area contributed by atoms with Crippen LogP contribution in [0.15, 0.2) is 6.33 Å². The highest BCUT2D eigenvalue weighted by atomic mass is 16.4. The van der Waals surface area contributed by atoms with E-state index in [-0.39, 0.29) is 19.0 Å². The Morgan fingerprint density at radius 2 is 2.21 bits per heavy atom. The minimum absolute atomic E-state index is 0.194. The second-order valence-electron chi connectivity index (χ2n) is 4.68. The number of hydrogen-bond donors (Lipinski definition) is 2. The minimum Gasteiger partial charge on any atom is -0.480 e. The maximum atomic E-state index is 11.9. The van der Waals surface area contributed by atoms with Gasteiger partial charge in [-0.15, -0.1) is 10.2 Å². The summed E-state index contributed by atoms with van der Waals surface area (Å²) in [5.41, 5.74) is 0. The molecule has 1 aromatic heterocycles. The monoisotopic (exact) mass is 269 g/mol. The molecule has 0 bridgehead atoms. The van der Waals surface area contributed by atoms with E-state index in [2.05, 4.69) is 15.5 Å². The molecule has 0 aliphatic rings. The number of aliphatic carboxylic acids is 1. The van der Waals surface area contributed by atoms with Crippen molar-refractivity contribution < 1.29 is 14.7 Å². The number of nitrogens with zero attached hydrogens (tertiary/aromatic N) is 4. The number of nitrogens with one attached hydrogen (secondary N) is 1. The van der Waals surface area contributed by atoms with Crippen LogP contribution >= 0.6 is 0 Å². The van der Waals surface area contributed by atoms with Gasteiger partial charge in [-0.25, -0.2) is 4.79 Å². The SMILES string of the molecule is CC(C)CN(CC(=O)O)C(=O)NCc1nncn1C. The number of carbonyl (C=O) groups excluding carboxylic acids is 1. The number of amides is 2. The predicted octanol–water partition coefficient (Wildman–Crippen LogP) is 0.0673. The Balaban J connectivity index is 2.56. The summed E-state index contributed by atoms with van der Waals surface area (Å²) < 4.78 is 1.68. The fourth-order valence-corrected chi connectivity index (χ4v) is 1.56. The molecule has 19 heavy (non-hydrogen) atoms. The molecule has 0 unspecified atom stereocenters. The van der Waals surface area contributed by atoms with Crippen molar-refractivity contribution in [3.8, 4) is 0 Å². The van der Waals surface area contributed by atoms with Gasteiger partial charge in [-0.2, -0.15) is 0 Å². The molecular weight excluding hydrogens is 250 g/mol. The van der Waals surface area contributed by atoms with E-state index in [1.807, 2.05) is 13.8 Å². The van der Waals surface area contributed by atoms with Gasteiger partial charge < -0.3 is 19.9 Å². The van der Waals surface area contributed by atoms with E-state index in [1.54, 1.807) is 11.6 Å². The highest BCUT2D eigenvalue weighted by Gasteiger charge is 2.18. The lowest BCUT2D eigenvalue weighted by Crippen LogP contribution is -2.44. The lowest BCUT2D eigenvalue weighted by molar-refractivity contribution is -0.137. The maximum Gasteiger partial charge on any atom is 0.323 e. The Hall–Kier alpha value is -2.12. The van der Waals surface area contributed by atoms with Gasteiger partial charge in [-0.05, 0) is 5.92 Å². The van der Waals surface area contributed by atoms with Gasteiger partial charge in [0, 0.05) is 13.6 Å². The van der Waals surface area contributed by atoms with Gasteiger partial charge in [0.05, 0.1) is 6.54 Å². The van der Waals surface area contributed by atoms with Crippen molar-refractivity contribution in [1.82, 2.24) is 25.0 Å². The molecule has 0 aliphatic carbocycles. The molecule has 0 atom stereocenters. The summed E-state index contributed by atoms with van der Waals surface area (Å²) in [6.45, 7) is 4.12. The number of carboxylic acids is 1. The second kappa shape index (κ2) is 6.72. The van der Waals surface area contributed by atoms with Gasteiger partial charge in [-0.1, -0.05) is 13.8 Å². The summed E-state index contributed by atoms with van der Waals surface area (Å²) in [7, 11) is 1.77. The van der Waals surface area contributed by atoms with Gasteiger partial charge in [0.15, 0.2) is 5.82 Å². The zero-order valence-electron chi connectivity index (χ0n) is 11.3. The molecule has 1 rings (SSSR count). The van der Waals surface area contributed by atoms with Gasteiger partial charge in [0.2, 0.25) is 0 Å². The van der Waals surface area contributed by atoms with Crippen LogP contribution in [0.25, 0.3) is 0 Å². The molecule has 0 fully saturated rings. The van der Waals surface area contributed by atoms with E-state index >= 15 is 0 Å². The lowest BCUT2D eigenvalue weighted by atomic mass is 10.2. The number of rotatable bonds is 6. The van der Waals surface area contributed by atoms with Crippen LogP contribution in [-0.4, -0.2) is 49.9 Å². The van der Waals surface area contributed by atoms with Crippen molar-refractivity contribution in [3.63, 3.8) is 0 Å². The Morgan fingerprint density at radius 1 is 1.53 bits per heavy atom. The van der Waals surface area contributed by atoms with Gasteiger partial charge >= 0.3 is 12.0 Å². The molecule has 0 aliphatic heterocycles. The fraction of sp³-hybridized carbons (Fsp3) is 0.636. The van der Waals surface area contributed by atoms with Crippen LogP contribution < -0.4 is 5.32 Å². The third kappa shape index (κ3) is 4.94. The van der Waals surface area contributed by atoms with Crippen LogP contribution in [0.5, 0.6) is 0 Å². The molecule has 1 aromatic rings. The molecule has 0 spiro atoms. The first-order chi connectivity index (χ1) is 8.90. The zero-order chi connectivity index (χ0) is 14.4. The first-order valence-electron chi connectivity index (χ1n) is 5.97. The van der Waals surface area contributed by atoms with Crippen molar-refractivity contribution in [1.29, 1.82) is 0 Å². The van der Waals surface area contributed by atoms with E-state index < -0.39 is 12.0 Å². The highest BCUT2D eigenvalue weighted by Crippen LogP contribution is 2.00. The number of aromatic nitrogens is 3. The Bertz CT molecular complexity index is 443. The lowest BCUT2D eigenvalue weighted by Gasteiger charge is -2.22.